The number of esters is 2. The van der Waals surface area contributed by atoms with Crippen molar-refractivity contribution in [1.29, 1.82) is 0 Å². The molecule has 10 nitrogen and oxygen atoms in total. The van der Waals surface area contributed by atoms with Crippen molar-refractivity contribution in [3.63, 3.8) is 0 Å². The summed E-state index contributed by atoms with van der Waals surface area (Å²) in [4.78, 5) is 25.1. The molecule has 0 radical (unpaired) electrons. The van der Waals surface area contributed by atoms with Crippen LogP contribution in [0.4, 0.5) is 0 Å². The molecule has 10 heteroatoms. The third kappa shape index (κ3) is 23.0. The zero-order valence-corrected chi connectivity index (χ0v) is 30.6. The smallest absolute Gasteiger partial charge is 0.306 e. The first-order valence-corrected chi connectivity index (χ1v) is 18.9. The molecule has 0 aliphatic carbocycles. The van der Waals surface area contributed by atoms with Crippen LogP contribution in [0.15, 0.2) is 60.8 Å². The fourth-order valence-electron chi connectivity index (χ4n) is 5.13. The van der Waals surface area contributed by atoms with Gasteiger partial charge in [0.2, 0.25) is 0 Å². The molecule has 1 aliphatic heterocycles. The van der Waals surface area contributed by atoms with E-state index in [9.17, 15) is 30.0 Å². The van der Waals surface area contributed by atoms with Crippen molar-refractivity contribution < 1.29 is 49.0 Å². The van der Waals surface area contributed by atoms with Gasteiger partial charge in [-0.15, -0.1) is 0 Å². The van der Waals surface area contributed by atoms with E-state index in [0.29, 0.717) is 12.8 Å². The minimum Gasteiger partial charge on any atom is -0.462 e. The highest BCUT2D eigenvalue weighted by Gasteiger charge is 2.44. The van der Waals surface area contributed by atoms with E-state index >= 15 is 0 Å². The van der Waals surface area contributed by atoms with Gasteiger partial charge in [0.05, 0.1) is 13.2 Å². The van der Waals surface area contributed by atoms with Crippen LogP contribution in [0.25, 0.3) is 0 Å². The van der Waals surface area contributed by atoms with Gasteiger partial charge < -0.3 is 39.4 Å². The number of carbonyl (C=O) groups excluding carboxylic acids is 2. The topological polar surface area (TPSA) is 152 Å². The SMILES string of the molecule is CC/C=C\C/C=C\C/C=C\C/C=C\CCC(=O)OC(COC(=O)CCCCCCC/C=C\CCCCC)COC1OC(CO)C(O)C(O)C1O. The van der Waals surface area contributed by atoms with E-state index in [1.165, 1.54) is 19.3 Å². The number of carbonyl (C=O) groups is 2. The molecule has 0 saturated carbocycles. The van der Waals surface area contributed by atoms with Gasteiger partial charge in [-0.3, -0.25) is 9.59 Å². The molecule has 6 atom stereocenters. The highest BCUT2D eigenvalue weighted by Crippen LogP contribution is 2.22. The van der Waals surface area contributed by atoms with Crippen molar-refractivity contribution in [1.82, 2.24) is 0 Å². The second-order valence-corrected chi connectivity index (χ2v) is 12.6. The number of unbranched alkanes of at least 4 members (excludes halogenated alkanes) is 8. The minimum absolute atomic E-state index is 0.105. The number of hydrogen-bond donors (Lipinski definition) is 4. The lowest BCUT2D eigenvalue weighted by atomic mass is 9.99. The maximum Gasteiger partial charge on any atom is 0.306 e. The van der Waals surface area contributed by atoms with Gasteiger partial charge in [-0.2, -0.15) is 0 Å². The molecule has 1 saturated heterocycles. The van der Waals surface area contributed by atoms with E-state index in [4.69, 9.17) is 18.9 Å². The summed E-state index contributed by atoms with van der Waals surface area (Å²) in [5.41, 5.74) is 0. The molecule has 286 valence electrons. The highest BCUT2D eigenvalue weighted by atomic mass is 16.7. The van der Waals surface area contributed by atoms with Crippen LogP contribution in [0.3, 0.4) is 0 Å². The number of rotatable bonds is 29. The second-order valence-electron chi connectivity index (χ2n) is 12.6. The average Bonchev–Trinajstić information content (AvgIpc) is 3.11. The van der Waals surface area contributed by atoms with E-state index in [1.807, 2.05) is 12.2 Å². The van der Waals surface area contributed by atoms with Gasteiger partial charge in [0.1, 0.15) is 31.0 Å². The third-order valence-corrected chi connectivity index (χ3v) is 8.15. The van der Waals surface area contributed by atoms with Crippen LogP contribution >= 0.6 is 0 Å². The van der Waals surface area contributed by atoms with Gasteiger partial charge >= 0.3 is 11.9 Å². The van der Waals surface area contributed by atoms with Crippen molar-refractivity contribution in [3.8, 4) is 0 Å². The molecule has 0 amide bonds. The average molecular weight is 707 g/mol. The Kier molecular flexibility index (Phi) is 28.3. The number of ether oxygens (including phenoxy) is 4. The molecule has 1 fully saturated rings. The van der Waals surface area contributed by atoms with Gasteiger partial charge in [0, 0.05) is 12.8 Å². The van der Waals surface area contributed by atoms with Crippen molar-refractivity contribution in [2.24, 2.45) is 0 Å². The molecule has 0 spiro atoms. The second kappa shape index (κ2) is 31.2. The molecule has 0 bridgehead atoms. The van der Waals surface area contributed by atoms with Crippen molar-refractivity contribution >= 4 is 11.9 Å². The predicted octanol–water partition coefficient (Wildman–Crippen LogP) is 6.71. The van der Waals surface area contributed by atoms with Crippen LogP contribution in [0.2, 0.25) is 0 Å². The van der Waals surface area contributed by atoms with Crippen LogP contribution in [-0.4, -0.2) is 89.0 Å². The number of hydrogen-bond acceptors (Lipinski definition) is 10. The summed E-state index contributed by atoms with van der Waals surface area (Å²) in [6.45, 7) is 3.16. The van der Waals surface area contributed by atoms with E-state index in [1.54, 1.807) is 0 Å². The highest BCUT2D eigenvalue weighted by molar-refractivity contribution is 5.70. The summed E-state index contributed by atoms with van der Waals surface area (Å²) in [5, 5.41) is 39.9. The lowest BCUT2D eigenvalue weighted by Crippen LogP contribution is -2.59. The van der Waals surface area contributed by atoms with Gasteiger partial charge in [0.15, 0.2) is 12.4 Å². The Morgan fingerprint density at radius 1 is 0.640 bits per heavy atom. The van der Waals surface area contributed by atoms with Crippen molar-refractivity contribution in [2.45, 2.75) is 160 Å². The molecule has 0 aromatic carbocycles. The molecular formula is C40H66O10. The summed E-state index contributed by atoms with van der Waals surface area (Å²) in [6.07, 6.45) is 28.2. The van der Waals surface area contributed by atoms with Gasteiger partial charge in [-0.05, 0) is 64.2 Å². The summed E-state index contributed by atoms with van der Waals surface area (Å²) < 4.78 is 21.9. The summed E-state index contributed by atoms with van der Waals surface area (Å²) in [5.74, 6) is -0.921. The normalized spacial score (nSPS) is 22.1. The summed E-state index contributed by atoms with van der Waals surface area (Å²) in [7, 11) is 0. The minimum atomic E-state index is -1.61. The number of aliphatic hydroxyl groups excluding tert-OH is 4. The number of allylic oxidation sites excluding steroid dienone is 10. The van der Waals surface area contributed by atoms with E-state index < -0.39 is 55.4 Å². The van der Waals surface area contributed by atoms with Crippen molar-refractivity contribution in [3.05, 3.63) is 60.8 Å². The first-order valence-electron chi connectivity index (χ1n) is 18.9. The quantitative estimate of drug-likeness (QED) is 0.0375. The standard InChI is InChI=1S/C40H66O10/c1-3-5-7-9-11-13-15-17-19-21-23-25-27-29-36(43)49-33(32-48-40-39(46)38(45)37(44)34(30-41)50-40)31-47-35(42)28-26-24-22-20-18-16-14-12-10-8-6-4-2/h5,7,11-14,17,19,23,25,33-34,37-41,44-46H,3-4,6,8-10,15-16,18,20-22,24,26-32H2,1-2H3/b7-5-,13-11-,14-12-,19-17-,25-23-. The molecule has 0 aromatic rings. The van der Waals surface area contributed by atoms with Crippen LogP contribution in [-0.2, 0) is 28.5 Å². The van der Waals surface area contributed by atoms with E-state index in [2.05, 4.69) is 62.5 Å². The Morgan fingerprint density at radius 2 is 1.22 bits per heavy atom. The zero-order valence-electron chi connectivity index (χ0n) is 30.6. The Morgan fingerprint density at radius 3 is 1.86 bits per heavy atom. The van der Waals surface area contributed by atoms with Crippen LogP contribution in [0.5, 0.6) is 0 Å². The lowest BCUT2D eigenvalue weighted by molar-refractivity contribution is -0.305. The molecule has 1 aliphatic rings. The molecule has 4 N–H and O–H groups in total. The Bertz CT molecular complexity index is 1000. The Balaban J connectivity index is 2.48. The molecular weight excluding hydrogens is 640 g/mol. The van der Waals surface area contributed by atoms with Crippen LogP contribution in [0.1, 0.15) is 123 Å². The first kappa shape index (κ1) is 45.4. The van der Waals surface area contributed by atoms with E-state index in [-0.39, 0.29) is 26.1 Å². The Labute approximate surface area is 300 Å². The van der Waals surface area contributed by atoms with Crippen molar-refractivity contribution in [2.75, 3.05) is 19.8 Å². The molecule has 50 heavy (non-hydrogen) atoms. The summed E-state index contributed by atoms with van der Waals surface area (Å²) >= 11 is 0. The predicted molar refractivity (Wildman–Crippen MR) is 196 cm³/mol. The molecule has 6 unspecified atom stereocenters. The molecule has 1 rings (SSSR count). The fourth-order valence-corrected chi connectivity index (χ4v) is 5.13. The zero-order chi connectivity index (χ0) is 36.7. The Hall–Kier alpha value is -2.60. The number of aliphatic hydroxyl groups is 4. The van der Waals surface area contributed by atoms with Gasteiger partial charge in [-0.25, -0.2) is 0 Å². The lowest BCUT2D eigenvalue weighted by Gasteiger charge is -2.39. The van der Waals surface area contributed by atoms with Gasteiger partial charge in [-0.1, -0.05) is 107 Å². The summed E-state index contributed by atoms with van der Waals surface area (Å²) in [6, 6.07) is 0. The maximum absolute atomic E-state index is 12.6. The van der Waals surface area contributed by atoms with Crippen LogP contribution in [0, 0.1) is 0 Å². The van der Waals surface area contributed by atoms with Crippen LogP contribution < -0.4 is 0 Å². The maximum atomic E-state index is 12.6. The van der Waals surface area contributed by atoms with E-state index in [0.717, 1.165) is 64.2 Å². The molecule has 1 heterocycles. The first-order chi connectivity index (χ1) is 24.3. The monoisotopic (exact) mass is 706 g/mol. The van der Waals surface area contributed by atoms with Gasteiger partial charge in [0.25, 0.3) is 0 Å². The largest absolute Gasteiger partial charge is 0.462 e. The third-order valence-electron chi connectivity index (χ3n) is 8.15. The molecule has 0 aromatic heterocycles. The fraction of sp³-hybridized carbons (Fsp3) is 0.700.